The Morgan fingerprint density at radius 3 is 2.86 bits per heavy atom. The fourth-order valence-corrected chi connectivity index (χ4v) is 2.48. The van der Waals surface area contributed by atoms with Gasteiger partial charge in [0, 0.05) is 29.6 Å². The molecule has 1 fully saturated rings. The van der Waals surface area contributed by atoms with Gasteiger partial charge in [-0.3, -0.25) is 13.9 Å². The molecule has 0 spiro atoms. The molecule has 1 aliphatic rings. The minimum atomic E-state index is -0.665. The van der Waals surface area contributed by atoms with E-state index < -0.39 is 24.1 Å². The molecule has 3 atom stereocenters. The Hall–Kier alpha value is -2.09. The van der Waals surface area contributed by atoms with Crippen LogP contribution in [0.3, 0.4) is 0 Å². The number of aryl methyl sites for hydroxylation is 1. The van der Waals surface area contributed by atoms with E-state index in [-0.39, 0.29) is 25.1 Å². The predicted octanol–water partition coefficient (Wildman–Crippen LogP) is 0.297. The van der Waals surface area contributed by atoms with E-state index in [9.17, 15) is 14.7 Å². The van der Waals surface area contributed by atoms with Crippen LogP contribution in [-0.4, -0.2) is 33.0 Å². The number of nitrogens with zero attached hydrogens (tertiary/aromatic N) is 5. The number of hydrogen-bond acceptors (Lipinski definition) is 5. The van der Waals surface area contributed by atoms with Crippen molar-refractivity contribution in [3.05, 3.63) is 43.0 Å². The minimum Gasteiger partial charge on any atom is -0.394 e. The van der Waals surface area contributed by atoms with E-state index in [1.807, 2.05) is 0 Å². The van der Waals surface area contributed by atoms with E-state index in [0.717, 1.165) is 4.57 Å². The largest absolute Gasteiger partial charge is 0.394 e. The van der Waals surface area contributed by atoms with E-state index in [4.69, 9.17) is 10.3 Å². The van der Waals surface area contributed by atoms with Gasteiger partial charge in [0.1, 0.15) is 6.23 Å². The Bertz CT molecular complexity index is 688. The fraction of sp³-hybridized carbons (Fsp3) is 0.667. The molecule has 114 valence electrons. The molecule has 0 radical (unpaired) electrons. The average Bonchev–Trinajstić information content (AvgIpc) is 2.87. The maximum absolute atomic E-state index is 12.3. The van der Waals surface area contributed by atoms with Gasteiger partial charge >= 0.3 is 5.69 Å². The highest BCUT2D eigenvalue weighted by Crippen LogP contribution is 2.29. The van der Waals surface area contributed by atoms with Crippen molar-refractivity contribution < 1.29 is 9.84 Å². The van der Waals surface area contributed by atoms with Crippen LogP contribution in [0.25, 0.3) is 10.4 Å². The first-order valence-corrected chi connectivity index (χ1v) is 6.66. The third kappa shape index (κ3) is 2.71. The van der Waals surface area contributed by atoms with Gasteiger partial charge < -0.3 is 9.84 Å². The maximum atomic E-state index is 12.3. The van der Waals surface area contributed by atoms with Crippen molar-refractivity contribution in [2.24, 2.45) is 5.11 Å². The maximum Gasteiger partial charge on any atom is 0.333 e. The van der Waals surface area contributed by atoms with Crippen LogP contribution < -0.4 is 11.2 Å². The first-order valence-electron chi connectivity index (χ1n) is 6.66. The number of aromatic nitrogens is 2. The lowest BCUT2D eigenvalue weighted by atomic mass is 10.1. The topological polar surface area (TPSA) is 122 Å². The molecule has 1 aromatic heterocycles. The summed E-state index contributed by atoms with van der Waals surface area (Å²) in [5.74, 6) is 0. The summed E-state index contributed by atoms with van der Waals surface area (Å²) in [7, 11) is 0. The highest BCUT2D eigenvalue weighted by atomic mass is 16.5. The monoisotopic (exact) mass is 295 g/mol. The summed E-state index contributed by atoms with van der Waals surface area (Å²) in [4.78, 5) is 26.9. The van der Waals surface area contributed by atoms with Crippen LogP contribution in [-0.2, 0) is 11.3 Å². The van der Waals surface area contributed by atoms with Gasteiger partial charge in [-0.1, -0.05) is 5.11 Å². The van der Waals surface area contributed by atoms with Crippen molar-refractivity contribution in [3.8, 4) is 0 Å². The average molecular weight is 295 g/mol. The quantitative estimate of drug-likeness (QED) is 0.487. The molecule has 0 unspecified atom stereocenters. The normalized spacial score (nSPS) is 24.8. The molecule has 0 saturated carbocycles. The zero-order valence-corrected chi connectivity index (χ0v) is 11.8. The number of hydrogen-bond donors (Lipinski definition) is 1. The van der Waals surface area contributed by atoms with E-state index in [2.05, 4.69) is 10.0 Å². The molecule has 1 aliphatic heterocycles. The van der Waals surface area contributed by atoms with Gasteiger partial charge in [-0.2, -0.15) is 0 Å². The van der Waals surface area contributed by atoms with Crippen molar-refractivity contribution in [3.63, 3.8) is 0 Å². The number of aliphatic hydroxyl groups excluding tert-OH is 1. The summed E-state index contributed by atoms with van der Waals surface area (Å²) in [5, 5.41) is 12.8. The molecular weight excluding hydrogens is 278 g/mol. The lowest BCUT2D eigenvalue weighted by molar-refractivity contribution is -0.0277. The number of ether oxygens (including phenoxy) is 1. The second kappa shape index (κ2) is 6.13. The molecule has 9 heteroatoms. The van der Waals surface area contributed by atoms with Gasteiger partial charge in [-0.25, -0.2) is 4.79 Å². The summed E-state index contributed by atoms with van der Waals surface area (Å²) < 4.78 is 8.00. The molecule has 9 nitrogen and oxygen atoms in total. The van der Waals surface area contributed by atoms with Gasteiger partial charge in [-0.15, -0.1) is 0 Å². The molecule has 0 aromatic carbocycles. The molecule has 2 rings (SSSR count). The van der Waals surface area contributed by atoms with E-state index in [0.29, 0.717) is 5.56 Å². The second-order valence-electron chi connectivity index (χ2n) is 4.87. The van der Waals surface area contributed by atoms with Gasteiger partial charge in [0.05, 0.1) is 18.8 Å². The summed E-state index contributed by atoms with van der Waals surface area (Å²) in [6.45, 7) is 3.28. The van der Waals surface area contributed by atoms with Crippen molar-refractivity contribution in [2.75, 3.05) is 6.61 Å². The standard InChI is InChI=1S/C12H17N5O4/c1-3-16-11(19)7(2)5-17(12(16)20)10-4-8(14-15-13)9(6-18)21-10/h5,8-10,18H,3-4,6H2,1-2H3/t8-,9+,10+/m0/s1. The van der Waals surface area contributed by atoms with Gasteiger partial charge in [0.15, 0.2) is 0 Å². The van der Waals surface area contributed by atoms with Crippen LogP contribution in [0.2, 0.25) is 0 Å². The molecule has 21 heavy (non-hydrogen) atoms. The van der Waals surface area contributed by atoms with Crippen LogP contribution in [0, 0.1) is 6.92 Å². The summed E-state index contributed by atoms with van der Waals surface area (Å²) >= 11 is 0. The van der Waals surface area contributed by atoms with E-state index in [1.165, 1.54) is 10.8 Å². The zero-order valence-electron chi connectivity index (χ0n) is 11.8. The van der Waals surface area contributed by atoms with Gasteiger partial charge in [-0.05, 0) is 19.4 Å². The molecule has 0 aliphatic carbocycles. The smallest absolute Gasteiger partial charge is 0.333 e. The Morgan fingerprint density at radius 1 is 1.57 bits per heavy atom. The molecule has 1 aromatic rings. The summed E-state index contributed by atoms with van der Waals surface area (Å²) in [6.07, 6.45) is 0.396. The van der Waals surface area contributed by atoms with E-state index in [1.54, 1.807) is 13.8 Å². The summed E-state index contributed by atoms with van der Waals surface area (Å²) in [6, 6.07) is -0.542. The van der Waals surface area contributed by atoms with Crippen LogP contribution in [0.15, 0.2) is 20.9 Å². The molecule has 0 amide bonds. The Labute approximate surface area is 120 Å². The lowest BCUT2D eigenvalue weighted by Crippen LogP contribution is -2.41. The molecule has 1 saturated heterocycles. The molecule has 2 heterocycles. The third-order valence-corrected chi connectivity index (χ3v) is 3.58. The van der Waals surface area contributed by atoms with Crippen molar-refractivity contribution in [2.45, 2.75) is 45.2 Å². The Kier molecular flexibility index (Phi) is 4.46. The van der Waals surface area contributed by atoms with Crippen LogP contribution in [0.5, 0.6) is 0 Å². The minimum absolute atomic E-state index is 0.259. The SMILES string of the molecule is CCn1c(=O)c(C)cn([C@H]2C[C@H](N=[N+]=[N-])[C@@H](CO)O2)c1=O. The van der Waals surface area contributed by atoms with Gasteiger partial charge in [0.2, 0.25) is 0 Å². The van der Waals surface area contributed by atoms with Crippen LogP contribution in [0.4, 0.5) is 0 Å². The first kappa shape index (κ1) is 15.3. The first-order chi connectivity index (χ1) is 10.0. The highest BCUT2D eigenvalue weighted by molar-refractivity contribution is 5.04. The molecule has 1 N–H and O–H groups in total. The second-order valence-corrected chi connectivity index (χ2v) is 4.87. The molecular formula is C12H17N5O4. The molecule has 0 bridgehead atoms. The fourth-order valence-electron chi connectivity index (χ4n) is 2.48. The predicted molar refractivity (Wildman–Crippen MR) is 73.9 cm³/mol. The van der Waals surface area contributed by atoms with Gasteiger partial charge in [0.25, 0.3) is 5.56 Å². The highest BCUT2D eigenvalue weighted by Gasteiger charge is 2.36. The lowest BCUT2D eigenvalue weighted by Gasteiger charge is -2.17. The number of aliphatic hydroxyl groups is 1. The summed E-state index contributed by atoms with van der Waals surface area (Å²) in [5.41, 5.74) is 8.14. The van der Waals surface area contributed by atoms with Crippen LogP contribution >= 0.6 is 0 Å². The van der Waals surface area contributed by atoms with Crippen molar-refractivity contribution >= 4 is 0 Å². The van der Waals surface area contributed by atoms with E-state index >= 15 is 0 Å². The third-order valence-electron chi connectivity index (χ3n) is 3.58. The zero-order chi connectivity index (χ0) is 15.6. The Balaban J connectivity index is 2.44. The Morgan fingerprint density at radius 2 is 2.29 bits per heavy atom. The van der Waals surface area contributed by atoms with Crippen molar-refractivity contribution in [1.82, 2.24) is 9.13 Å². The number of azide groups is 1. The number of rotatable bonds is 4. The van der Waals surface area contributed by atoms with Crippen LogP contribution in [0.1, 0.15) is 25.1 Å². The van der Waals surface area contributed by atoms with Crippen molar-refractivity contribution in [1.29, 1.82) is 0 Å².